The van der Waals surface area contributed by atoms with E-state index in [1.165, 1.54) is 11.0 Å². The zero-order valence-electron chi connectivity index (χ0n) is 13.3. The molecule has 25 heavy (non-hydrogen) atoms. The van der Waals surface area contributed by atoms with Gasteiger partial charge in [0.25, 0.3) is 5.91 Å². The van der Waals surface area contributed by atoms with Gasteiger partial charge in [0, 0.05) is 18.1 Å². The molecule has 1 aromatic heterocycles. The van der Waals surface area contributed by atoms with Gasteiger partial charge in [0.05, 0.1) is 16.7 Å². The van der Waals surface area contributed by atoms with Crippen molar-refractivity contribution < 1.29 is 14.7 Å². The maximum absolute atomic E-state index is 13.1. The number of carboxylic acids is 1. The van der Waals surface area contributed by atoms with Crippen molar-refractivity contribution in [3.8, 4) is 5.69 Å². The molecular weight excluding hydrogens is 346 g/mol. The first kappa shape index (κ1) is 16.0. The Morgan fingerprint density at radius 1 is 1.36 bits per heavy atom. The maximum atomic E-state index is 13.1. The normalized spacial score (nSPS) is 25.2. The van der Waals surface area contributed by atoms with E-state index in [0.717, 1.165) is 12.8 Å². The quantitative estimate of drug-likeness (QED) is 0.891. The van der Waals surface area contributed by atoms with Gasteiger partial charge in [-0.25, -0.2) is 0 Å². The molecule has 0 bridgehead atoms. The van der Waals surface area contributed by atoms with Gasteiger partial charge in [0.2, 0.25) is 0 Å². The van der Waals surface area contributed by atoms with E-state index in [0.29, 0.717) is 29.2 Å². The number of hydrogen-bond donors (Lipinski definition) is 1. The lowest BCUT2D eigenvalue weighted by Crippen LogP contribution is -2.37. The molecule has 0 radical (unpaired) electrons. The molecule has 4 rings (SSSR count). The average molecular weight is 362 g/mol. The SMILES string of the molecule is O=C(c1cc(Cl)ccc1-n1cnnn1)N1C[C@@H]2CCC[C@@]2(C(=O)O)C1. The lowest BCUT2D eigenvalue weighted by Gasteiger charge is -2.23. The Morgan fingerprint density at radius 2 is 2.20 bits per heavy atom. The zero-order chi connectivity index (χ0) is 17.6. The molecule has 1 aliphatic carbocycles. The Kier molecular flexibility index (Phi) is 3.72. The number of carbonyl (C=O) groups is 2. The van der Waals surface area contributed by atoms with Crippen molar-refractivity contribution in [1.29, 1.82) is 0 Å². The lowest BCUT2D eigenvalue weighted by atomic mass is 9.81. The first-order valence-corrected chi connectivity index (χ1v) is 8.45. The van der Waals surface area contributed by atoms with Crippen LogP contribution in [0.3, 0.4) is 0 Å². The molecule has 2 atom stereocenters. The fourth-order valence-corrected chi connectivity index (χ4v) is 4.29. The van der Waals surface area contributed by atoms with Crippen LogP contribution in [0, 0.1) is 11.3 Å². The van der Waals surface area contributed by atoms with Crippen molar-refractivity contribution in [2.45, 2.75) is 19.3 Å². The van der Waals surface area contributed by atoms with Crippen molar-refractivity contribution >= 4 is 23.5 Å². The van der Waals surface area contributed by atoms with Crippen LogP contribution in [0.25, 0.3) is 5.69 Å². The largest absolute Gasteiger partial charge is 0.481 e. The summed E-state index contributed by atoms with van der Waals surface area (Å²) in [7, 11) is 0. The Labute approximate surface area is 148 Å². The number of nitrogens with zero attached hydrogens (tertiary/aromatic N) is 5. The molecule has 0 spiro atoms. The van der Waals surface area contributed by atoms with Gasteiger partial charge in [-0.2, -0.15) is 4.68 Å². The summed E-state index contributed by atoms with van der Waals surface area (Å²) in [4.78, 5) is 26.6. The minimum atomic E-state index is -0.816. The molecule has 1 saturated heterocycles. The lowest BCUT2D eigenvalue weighted by molar-refractivity contribution is -0.149. The topological polar surface area (TPSA) is 101 Å². The standard InChI is InChI=1S/C16H16ClN5O3/c17-11-3-4-13(22-9-18-19-20-22)12(6-11)14(23)21-7-10-2-1-5-16(10,8-21)15(24)25/h3-4,6,9-10H,1-2,5,7-8H2,(H,24,25)/t10-,16+/m0/s1. The number of amides is 1. The highest BCUT2D eigenvalue weighted by atomic mass is 35.5. The fraction of sp³-hybridized carbons (Fsp3) is 0.438. The first-order chi connectivity index (χ1) is 12.0. The summed E-state index contributed by atoms with van der Waals surface area (Å²) in [6.07, 6.45) is 3.75. The third-order valence-electron chi connectivity index (χ3n) is 5.37. The van der Waals surface area contributed by atoms with E-state index in [-0.39, 0.29) is 18.4 Å². The second-order valence-electron chi connectivity index (χ2n) is 6.65. The summed E-state index contributed by atoms with van der Waals surface area (Å²) in [6.45, 7) is 0.681. The van der Waals surface area contributed by atoms with Crippen LogP contribution >= 0.6 is 11.6 Å². The molecule has 8 nitrogen and oxygen atoms in total. The molecule has 2 fully saturated rings. The number of carboxylic acid groups (broad SMARTS) is 1. The molecule has 1 saturated carbocycles. The van der Waals surface area contributed by atoms with E-state index in [1.54, 1.807) is 23.1 Å². The van der Waals surface area contributed by atoms with Crippen LogP contribution in [0.15, 0.2) is 24.5 Å². The number of fused-ring (bicyclic) bond motifs is 1. The summed E-state index contributed by atoms with van der Waals surface area (Å²) >= 11 is 6.08. The minimum absolute atomic E-state index is 0.00428. The van der Waals surface area contributed by atoms with Gasteiger partial charge in [-0.3, -0.25) is 9.59 Å². The summed E-state index contributed by atoms with van der Waals surface area (Å²) in [5, 5.41) is 21.2. The molecule has 2 aliphatic rings. The van der Waals surface area contributed by atoms with Crippen molar-refractivity contribution in [3.05, 3.63) is 35.1 Å². The van der Waals surface area contributed by atoms with Crippen LogP contribution in [0.1, 0.15) is 29.6 Å². The molecule has 1 aromatic carbocycles. The number of likely N-dealkylation sites (tertiary alicyclic amines) is 1. The predicted octanol–water partition coefficient (Wildman–Crippen LogP) is 1.64. The Bertz CT molecular complexity index is 840. The summed E-state index contributed by atoms with van der Waals surface area (Å²) in [5.41, 5.74) is 0.0598. The van der Waals surface area contributed by atoms with E-state index < -0.39 is 11.4 Å². The van der Waals surface area contributed by atoms with Gasteiger partial charge in [-0.15, -0.1) is 5.10 Å². The highest BCUT2D eigenvalue weighted by Crippen LogP contribution is 2.49. The molecule has 1 amide bonds. The third kappa shape index (κ3) is 2.48. The Hall–Kier alpha value is -2.48. The van der Waals surface area contributed by atoms with Gasteiger partial charge in [0.1, 0.15) is 6.33 Å². The summed E-state index contributed by atoms with van der Waals surface area (Å²) < 4.78 is 1.40. The van der Waals surface area contributed by atoms with E-state index in [1.807, 2.05) is 0 Å². The van der Waals surface area contributed by atoms with Crippen LogP contribution in [-0.4, -0.2) is 55.2 Å². The van der Waals surface area contributed by atoms with Gasteiger partial charge in [0.15, 0.2) is 0 Å². The van der Waals surface area contributed by atoms with E-state index in [2.05, 4.69) is 15.5 Å². The summed E-state index contributed by atoms with van der Waals surface area (Å²) in [5.74, 6) is -1.05. The van der Waals surface area contributed by atoms with Crippen LogP contribution in [0.5, 0.6) is 0 Å². The number of halogens is 1. The van der Waals surface area contributed by atoms with Crippen molar-refractivity contribution in [2.75, 3.05) is 13.1 Å². The highest BCUT2D eigenvalue weighted by Gasteiger charge is 2.55. The minimum Gasteiger partial charge on any atom is -0.481 e. The van der Waals surface area contributed by atoms with Gasteiger partial charge >= 0.3 is 5.97 Å². The van der Waals surface area contributed by atoms with Crippen LogP contribution in [0.4, 0.5) is 0 Å². The molecule has 9 heteroatoms. The number of tetrazole rings is 1. The number of hydrogen-bond acceptors (Lipinski definition) is 5. The molecule has 2 heterocycles. The average Bonchev–Trinajstić information content (AvgIpc) is 3.29. The van der Waals surface area contributed by atoms with Crippen LogP contribution in [-0.2, 0) is 4.79 Å². The third-order valence-corrected chi connectivity index (χ3v) is 5.60. The molecular formula is C16H16ClN5O3. The Balaban J connectivity index is 1.69. The van der Waals surface area contributed by atoms with Gasteiger partial charge < -0.3 is 10.0 Å². The van der Waals surface area contributed by atoms with E-state index >= 15 is 0 Å². The zero-order valence-corrected chi connectivity index (χ0v) is 14.1. The van der Waals surface area contributed by atoms with Crippen molar-refractivity contribution in [3.63, 3.8) is 0 Å². The van der Waals surface area contributed by atoms with E-state index in [4.69, 9.17) is 11.6 Å². The number of rotatable bonds is 3. The number of benzene rings is 1. The predicted molar refractivity (Wildman–Crippen MR) is 87.5 cm³/mol. The fourth-order valence-electron chi connectivity index (χ4n) is 4.11. The number of aliphatic carboxylic acids is 1. The highest BCUT2D eigenvalue weighted by molar-refractivity contribution is 6.31. The number of carbonyl (C=O) groups excluding carboxylic acids is 1. The van der Waals surface area contributed by atoms with Crippen LogP contribution in [0.2, 0.25) is 5.02 Å². The molecule has 0 unspecified atom stereocenters. The van der Waals surface area contributed by atoms with Crippen molar-refractivity contribution in [2.24, 2.45) is 11.3 Å². The maximum Gasteiger partial charge on any atom is 0.311 e. The molecule has 2 aromatic rings. The second kappa shape index (κ2) is 5.80. The number of aromatic nitrogens is 4. The Morgan fingerprint density at radius 3 is 2.88 bits per heavy atom. The van der Waals surface area contributed by atoms with Gasteiger partial charge in [-0.05, 0) is 47.4 Å². The molecule has 1 aliphatic heterocycles. The second-order valence-corrected chi connectivity index (χ2v) is 7.09. The smallest absolute Gasteiger partial charge is 0.311 e. The van der Waals surface area contributed by atoms with Gasteiger partial charge in [-0.1, -0.05) is 18.0 Å². The first-order valence-electron chi connectivity index (χ1n) is 8.07. The summed E-state index contributed by atoms with van der Waals surface area (Å²) in [6, 6.07) is 4.91. The molecule has 130 valence electrons. The van der Waals surface area contributed by atoms with E-state index in [9.17, 15) is 14.7 Å². The van der Waals surface area contributed by atoms with Crippen LogP contribution < -0.4 is 0 Å². The monoisotopic (exact) mass is 361 g/mol. The van der Waals surface area contributed by atoms with Crippen molar-refractivity contribution in [1.82, 2.24) is 25.1 Å². The molecule has 1 N–H and O–H groups in total.